The van der Waals surface area contributed by atoms with Crippen LogP contribution >= 0.6 is 0 Å². The maximum atomic E-state index is 13.0. The van der Waals surface area contributed by atoms with E-state index >= 15 is 0 Å². The highest BCUT2D eigenvalue weighted by atomic mass is 32.2. The topological polar surface area (TPSA) is 95.9 Å². The summed E-state index contributed by atoms with van der Waals surface area (Å²) in [5.74, 6) is -0.307. The van der Waals surface area contributed by atoms with Crippen molar-refractivity contribution in [3.8, 4) is 0 Å². The lowest BCUT2D eigenvalue weighted by molar-refractivity contribution is 0.0441. The van der Waals surface area contributed by atoms with Crippen molar-refractivity contribution in [1.82, 2.24) is 9.62 Å². The summed E-state index contributed by atoms with van der Waals surface area (Å²) >= 11 is 0. The molecule has 1 saturated carbocycles. The largest absolute Gasteiger partial charge is 0.392 e. The lowest BCUT2D eigenvalue weighted by Gasteiger charge is -2.34. The Morgan fingerprint density at radius 3 is 2.65 bits per heavy atom. The number of aliphatic hydroxyl groups is 1. The van der Waals surface area contributed by atoms with Gasteiger partial charge in [-0.15, -0.1) is 0 Å². The van der Waals surface area contributed by atoms with E-state index in [-0.39, 0.29) is 22.6 Å². The molecular weight excluding hydrogens is 356 g/mol. The van der Waals surface area contributed by atoms with E-state index < -0.39 is 16.1 Å². The van der Waals surface area contributed by atoms with Gasteiger partial charge in [0.1, 0.15) is 0 Å². The molecule has 2 bridgehead atoms. The molecule has 2 aliphatic rings. The maximum Gasteiger partial charge on any atom is 0.251 e. The number of piperidine rings is 1. The highest BCUT2D eigenvalue weighted by molar-refractivity contribution is 7.89. The number of carbonyl (C=O) groups is 1. The van der Waals surface area contributed by atoms with E-state index in [0.29, 0.717) is 38.4 Å². The number of ether oxygens (including phenoxy) is 1. The molecule has 8 heteroatoms. The van der Waals surface area contributed by atoms with Crippen LogP contribution in [0.4, 0.5) is 0 Å². The summed E-state index contributed by atoms with van der Waals surface area (Å²) in [6, 6.07) is 6.11. The van der Waals surface area contributed by atoms with E-state index in [1.807, 2.05) is 6.92 Å². The van der Waals surface area contributed by atoms with Crippen LogP contribution in [0.5, 0.6) is 0 Å². The van der Waals surface area contributed by atoms with Crippen LogP contribution in [0.15, 0.2) is 29.2 Å². The summed E-state index contributed by atoms with van der Waals surface area (Å²) in [5, 5.41) is 12.8. The number of fused-ring (bicyclic) bond motifs is 2. The molecule has 1 heterocycles. The molecule has 0 radical (unpaired) electrons. The molecule has 7 nitrogen and oxygen atoms in total. The lowest BCUT2D eigenvalue weighted by atomic mass is 9.97. The van der Waals surface area contributed by atoms with Gasteiger partial charge < -0.3 is 15.2 Å². The maximum absolute atomic E-state index is 13.0. The van der Waals surface area contributed by atoms with Gasteiger partial charge in [-0.25, -0.2) is 8.42 Å². The summed E-state index contributed by atoms with van der Waals surface area (Å²) in [6.45, 7) is 3.92. The molecule has 1 aromatic carbocycles. The third-order valence-electron chi connectivity index (χ3n) is 5.22. The first kappa shape index (κ1) is 19.3. The molecule has 3 atom stereocenters. The highest BCUT2D eigenvalue weighted by Crippen LogP contribution is 2.38. The number of hydrogen-bond acceptors (Lipinski definition) is 5. The van der Waals surface area contributed by atoms with Gasteiger partial charge >= 0.3 is 0 Å². The van der Waals surface area contributed by atoms with Crippen molar-refractivity contribution in [3.63, 3.8) is 0 Å². The van der Waals surface area contributed by atoms with Crippen LogP contribution in [0.3, 0.4) is 0 Å². The van der Waals surface area contributed by atoms with Gasteiger partial charge in [-0.05, 0) is 49.8 Å². The normalized spacial score (nSPS) is 26.0. The number of carbonyl (C=O) groups excluding carboxylic acids is 1. The van der Waals surface area contributed by atoms with Gasteiger partial charge in [0, 0.05) is 31.8 Å². The van der Waals surface area contributed by atoms with Crippen molar-refractivity contribution in [2.45, 2.75) is 30.8 Å². The quantitative estimate of drug-likeness (QED) is 0.682. The van der Waals surface area contributed by atoms with Crippen molar-refractivity contribution in [3.05, 3.63) is 29.8 Å². The monoisotopic (exact) mass is 382 g/mol. The first-order valence-electron chi connectivity index (χ1n) is 9.07. The molecule has 144 valence electrons. The van der Waals surface area contributed by atoms with Crippen molar-refractivity contribution in [2.24, 2.45) is 11.8 Å². The minimum Gasteiger partial charge on any atom is -0.392 e. The first-order valence-corrected chi connectivity index (χ1v) is 10.5. The number of rotatable bonds is 7. The molecule has 1 saturated heterocycles. The number of nitrogens with one attached hydrogen (secondary N) is 1. The number of nitrogens with zero attached hydrogens (tertiary/aromatic N) is 1. The molecule has 26 heavy (non-hydrogen) atoms. The first-order chi connectivity index (χ1) is 12.4. The van der Waals surface area contributed by atoms with Crippen LogP contribution in [-0.4, -0.2) is 62.7 Å². The Balaban J connectivity index is 1.71. The molecule has 1 unspecified atom stereocenters. The van der Waals surface area contributed by atoms with Crippen LogP contribution in [0.1, 0.15) is 30.1 Å². The minimum absolute atomic E-state index is 0.00794. The fourth-order valence-electron chi connectivity index (χ4n) is 3.78. The van der Waals surface area contributed by atoms with Gasteiger partial charge in [0.2, 0.25) is 10.0 Å². The fourth-order valence-corrected chi connectivity index (χ4v) is 5.38. The molecule has 1 aliphatic heterocycles. The minimum atomic E-state index is -3.68. The Bertz CT molecular complexity index is 738. The lowest BCUT2D eigenvalue weighted by Crippen LogP contribution is -2.47. The Morgan fingerprint density at radius 1 is 1.31 bits per heavy atom. The molecule has 1 aromatic rings. The van der Waals surface area contributed by atoms with Gasteiger partial charge in [0.15, 0.2) is 0 Å². The van der Waals surface area contributed by atoms with Crippen molar-refractivity contribution >= 4 is 15.9 Å². The third kappa shape index (κ3) is 3.93. The van der Waals surface area contributed by atoms with E-state index in [2.05, 4.69) is 5.32 Å². The summed E-state index contributed by atoms with van der Waals surface area (Å²) < 4.78 is 32.6. The zero-order chi connectivity index (χ0) is 18.7. The molecule has 2 N–H and O–H groups in total. The highest BCUT2D eigenvalue weighted by Gasteiger charge is 2.44. The average molecular weight is 382 g/mol. The third-order valence-corrected chi connectivity index (χ3v) is 7.05. The molecule has 1 amide bonds. The smallest absolute Gasteiger partial charge is 0.251 e. The van der Waals surface area contributed by atoms with Gasteiger partial charge in [-0.2, -0.15) is 4.31 Å². The van der Waals surface area contributed by atoms with Gasteiger partial charge in [0.25, 0.3) is 5.91 Å². The Labute approximate surface area is 154 Å². The molecule has 0 aromatic heterocycles. The van der Waals surface area contributed by atoms with Gasteiger partial charge in [-0.1, -0.05) is 6.07 Å². The molecule has 0 spiro atoms. The second-order valence-corrected chi connectivity index (χ2v) is 8.83. The summed E-state index contributed by atoms with van der Waals surface area (Å²) in [5.41, 5.74) is 0.308. The average Bonchev–Trinajstić information content (AvgIpc) is 2.85. The summed E-state index contributed by atoms with van der Waals surface area (Å²) in [6.07, 6.45) is 1.32. The van der Waals surface area contributed by atoms with Crippen LogP contribution in [0, 0.1) is 11.8 Å². The number of sulfonamides is 1. The molecular formula is C18H26N2O5S. The summed E-state index contributed by atoms with van der Waals surface area (Å²) in [4.78, 5) is 12.3. The zero-order valence-corrected chi connectivity index (χ0v) is 15.7. The number of amides is 1. The number of aliphatic hydroxyl groups excluding tert-OH is 1. The fraction of sp³-hybridized carbons (Fsp3) is 0.611. The molecule has 1 aliphatic carbocycles. The predicted molar refractivity (Wildman–Crippen MR) is 96.2 cm³/mol. The van der Waals surface area contributed by atoms with Crippen LogP contribution in [0.2, 0.25) is 0 Å². The Hall–Kier alpha value is -1.48. The van der Waals surface area contributed by atoms with Crippen molar-refractivity contribution in [2.75, 3.05) is 32.8 Å². The SMILES string of the molecule is CCOCCNC(=O)c1cccc(S(=O)(=O)N2C[C@H]3CC[C@@H](C2)C3O)c1. The van der Waals surface area contributed by atoms with E-state index in [1.165, 1.54) is 16.4 Å². The van der Waals surface area contributed by atoms with Crippen molar-refractivity contribution in [1.29, 1.82) is 0 Å². The van der Waals surface area contributed by atoms with Gasteiger partial charge in [0.05, 0.1) is 17.6 Å². The van der Waals surface area contributed by atoms with E-state index in [0.717, 1.165) is 12.8 Å². The van der Waals surface area contributed by atoms with Crippen LogP contribution < -0.4 is 5.32 Å². The molecule has 2 fully saturated rings. The standard InChI is InChI=1S/C18H26N2O5S/c1-2-25-9-8-19-18(22)13-4-3-5-16(10-13)26(23,24)20-11-14-6-7-15(12-20)17(14)21/h3-5,10,14-15,17,21H,2,6-9,11-12H2,1H3,(H,19,22)/t14-,15+,17?. The van der Waals surface area contributed by atoms with E-state index in [1.54, 1.807) is 12.1 Å². The zero-order valence-electron chi connectivity index (χ0n) is 14.9. The Morgan fingerprint density at radius 2 is 2.00 bits per heavy atom. The second kappa shape index (κ2) is 8.04. The number of hydrogen-bond donors (Lipinski definition) is 2. The van der Waals surface area contributed by atoms with E-state index in [9.17, 15) is 18.3 Å². The summed E-state index contributed by atoms with van der Waals surface area (Å²) in [7, 11) is -3.68. The molecule has 3 rings (SSSR count). The van der Waals surface area contributed by atoms with Crippen LogP contribution in [0.25, 0.3) is 0 Å². The second-order valence-electron chi connectivity index (χ2n) is 6.89. The van der Waals surface area contributed by atoms with Crippen LogP contribution in [-0.2, 0) is 14.8 Å². The van der Waals surface area contributed by atoms with Gasteiger partial charge in [-0.3, -0.25) is 4.79 Å². The number of benzene rings is 1. The Kier molecular flexibility index (Phi) is 5.96. The van der Waals surface area contributed by atoms with E-state index in [4.69, 9.17) is 4.74 Å². The predicted octanol–water partition coefficient (Wildman–Crippen LogP) is 0.844. The van der Waals surface area contributed by atoms with Crippen molar-refractivity contribution < 1.29 is 23.1 Å².